The van der Waals surface area contributed by atoms with E-state index in [1.54, 1.807) is 10.5 Å². The van der Waals surface area contributed by atoms with Gasteiger partial charge in [-0.25, -0.2) is 22.5 Å². The molecule has 0 unspecified atom stereocenters. The molecule has 9 heteroatoms. The maximum Gasteiger partial charge on any atom is 0.409 e. The Hall–Kier alpha value is -2.13. The fourth-order valence-corrected chi connectivity index (χ4v) is 7.23. The number of aromatic nitrogens is 2. The quantitative estimate of drug-likeness (QED) is 0.737. The van der Waals surface area contributed by atoms with Crippen molar-refractivity contribution in [3.8, 4) is 0 Å². The fraction of sp³-hybridized carbons (Fsp3) is 0.652. The van der Waals surface area contributed by atoms with Crippen molar-refractivity contribution in [2.75, 3.05) is 32.8 Å². The summed E-state index contributed by atoms with van der Waals surface area (Å²) in [6, 6.07) is 4.00. The summed E-state index contributed by atoms with van der Waals surface area (Å²) in [6.45, 7) is 1.97. The molecule has 3 aliphatic rings. The molecule has 0 bridgehead atoms. The Bertz CT molecular complexity index is 1050. The average Bonchev–Trinajstić information content (AvgIpc) is 3.21. The van der Waals surface area contributed by atoms with Crippen LogP contribution >= 0.6 is 0 Å². The molecular weight excluding hydrogens is 428 g/mol. The molecule has 0 radical (unpaired) electrons. The highest BCUT2D eigenvalue weighted by Crippen LogP contribution is 2.34. The van der Waals surface area contributed by atoms with E-state index in [2.05, 4.69) is 16.0 Å². The van der Waals surface area contributed by atoms with Gasteiger partial charge < -0.3 is 14.6 Å². The van der Waals surface area contributed by atoms with Crippen molar-refractivity contribution in [1.29, 1.82) is 0 Å². The molecule has 8 nitrogen and oxygen atoms in total. The first-order valence-corrected chi connectivity index (χ1v) is 13.4. The van der Waals surface area contributed by atoms with Crippen LogP contribution in [0.3, 0.4) is 0 Å². The molecule has 0 aromatic carbocycles. The lowest BCUT2D eigenvalue weighted by Crippen LogP contribution is -2.60. The monoisotopic (exact) mass is 460 g/mol. The predicted octanol–water partition coefficient (Wildman–Crippen LogP) is 3.47. The van der Waals surface area contributed by atoms with Gasteiger partial charge in [0.2, 0.25) is 10.0 Å². The van der Waals surface area contributed by atoms with E-state index in [0.717, 1.165) is 36.7 Å². The van der Waals surface area contributed by atoms with E-state index < -0.39 is 15.3 Å². The molecule has 2 aromatic rings. The molecule has 1 aliphatic carbocycles. The molecule has 0 atom stereocenters. The highest BCUT2D eigenvalue weighted by Gasteiger charge is 2.44. The van der Waals surface area contributed by atoms with Crippen LogP contribution < -0.4 is 0 Å². The first-order valence-electron chi connectivity index (χ1n) is 11.8. The zero-order valence-corrected chi connectivity index (χ0v) is 19.2. The lowest BCUT2D eigenvalue weighted by Gasteiger charge is -2.41. The molecule has 1 saturated carbocycles. The van der Waals surface area contributed by atoms with Crippen LogP contribution in [-0.4, -0.2) is 71.7 Å². The molecule has 1 N–H and O–H groups in total. The van der Waals surface area contributed by atoms with Crippen molar-refractivity contribution >= 4 is 27.1 Å². The van der Waals surface area contributed by atoms with Crippen LogP contribution in [0, 0.1) is 5.92 Å². The Morgan fingerprint density at radius 2 is 1.88 bits per heavy atom. The van der Waals surface area contributed by atoms with Gasteiger partial charge in [-0.3, -0.25) is 0 Å². The van der Waals surface area contributed by atoms with E-state index in [4.69, 9.17) is 4.74 Å². The SMILES string of the molecule is O=C(OCC1CCCCC1)N1CC(S(=O)(=O)N2CCC(c3c[nH]c4ncccc34)CC2)C1. The van der Waals surface area contributed by atoms with Crippen LogP contribution in [-0.2, 0) is 14.8 Å². The molecule has 2 aromatic heterocycles. The smallest absolute Gasteiger partial charge is 0.409 e. The number of fused-ring (bicyclic) bond motifs is 1. The normalized spacial score (nSPS) is 22.2. The molecular formula is C23H32N4O4S. The molecule has 4 heterocycles. The van der Waals surface area contributed by atoms with E-state index in [1.165, 1.54) is 29.7 Å². The number of piperidine rings is 1. The summed E-state index contributed by atoms with van der Waals surface area (Å²) in [5.74, 6) is 0.787. The molecule has 3 fully saturated rings. The summed E-state index contributed by atoms with van der Waals surface area (Å²) in [6.07, 6.45) is 10.9. The van der Waals surface area contributed by atoms with Gasteiger partial charge in [-0.05, 0) is 55.2 Å². The number of likely N-dealkylation sites (tertiary alicyclic amines) is 1. The van der Waals surface area contributed by atoms with Gasteiger partial charge in [0.05, 0.1) is 6.61 Å². The Balaban J connectivity index is 1.11. The van der Waals surface area contributed by atoms with Crippen LogP contribution in [0.4, 0.5) is 4.79 Å². The van der Waals surface area contributed by atoms with Gasteiger partial charge >= 0.3 is 6.09 Å². The average molecular weight is 461 g/mol. The van der Waals surface area contributed by atoms with Gasteiger partial charge in [0.25, 0.3) is 0 Å². The van der Waals surface area contributed by atoms with Gasteiger partial charge in [-0.15, -0.1) is 0 Å². The summed E-state index contributed by atoms with van der Waals surface area (Å²) in [7, 11) is -3.40. The van der Waals surface area contributed by atoms with Gasteiger partial charge in [0.1, 0.15) is 10.9 Å². The minimum atomic E-state index is -3.40. The lowest BCUT2D eigenvalue weighted by molar-refractivity contribution is 0.0634. The topological polar surface area (TPSA) is 95.6 Å². The summed E-state index contributed by atoms with van der Waals surface area (Å²) in [5.41, 5.74) is 2.10. The van der Waals surface area contributed by atoms with Crippen molar-refractivity contribution in [2.24, 2.45) is 5.92 Å². The Morgan fingerprint density at radius 3 is 2.62 bits per heavy atom. The zero-order chi connectivity index (χ0) is 22.1. The van der Waals surface area contributed by atoms with Crippen LogP contribution in [0.1, 0.15) is 56.4 Å². The van der Waals surface area contributed by atoms with E-state index in [9.17, 15) is 13.2 Å². The summed E-state index contributed by atoms with van der Waals surface area (Å²) in [5, 5.41) is 0.605. The van der Waals surface area contributed by atoms with Gasteiger partial charge in [0.15, 0.2) is 0 Å². The maximum atomic E-state index is 13.1. The number of carbonyl (C=O) groups excluding carboxylic acids is 1. The number of hydrogen-bond donors (Lipinski definition) is 1. The minimum absolute atomic E-state index is 0.236. The summed E-state index contributed by atoms with van der Waals surface area (Å²) < 4.78 is 33.2. The third kappa shape index (κ3) is 4.24. The standard InChI is InChI=1S/C23H32N4O4S/c28-23(31-16-17-5-2-1-3-6-17)26-14-19(15-26)32(29,30)27-11-8-18(9-12-27)21-13-25-22-20(21)7-4-10-24-22/h4,7,10,13,17-19H,1-3,5-6,8-9,11-12,14-16H2,(H,24,25). The van der Waals surface area contributed by atoms with Crippen molar-refractivity contribution in [3.63, 3.8) is 0 Å². The largest absolute Gasteiger partial charge is 0.449 e. The molecule has 0 spiro atoms. The molecule has 2 aliphatic heterocycles. The highest BCUT2D eigenvalue weighted by atomic mass is 32.2. The predicted molar refractivity (Wildman–Crippen MR) is 122 cm³/mol. The number of hydrogen-bond acceptors (Lipinski definition) is 5. The zero-order valence-electron chi connectivity index (χ0n) is 18.4. The Labute approximate surface area is 189 Å². The summed E-state index contributed by atoms with van der Waals surface area (Å²) in [4.78, 5) is 21.4. The van der Waals surface area contributed by atoms with Gasteiger partial charge in [-0.2, -0.15) is 0 Å². The van der Waals surface area contributed by atoms with Crippen molar-refractivity contribution < 1.29 is 17.9 Å². The second-order valence-electron chi connectivity index (χ2n) is 9.47. The number of ether oxygens (including phenoxy) is 1. The maximum absolute atomic E-state index is 13.1. The second-order valence-corrected chi connectivity index (χ2v) is 11.7. The van der Waals surface area contributed by atoms with E-state index in [0.29, 0.717) is 31.5 Å². The van der Waals surface area contributed by atoms with Gasteiger partial charge in [-0.1, -0.05) is 19.3 Å². The van der Waals surface area contributed by atoms with Crippen LogP contribution in [0.5, 0.6) is 0 Å². The van der Waals surface area contributed by atoms with Crippen LogP contribution in [0.25, 0.3) is 11.0 Å². The Kier molecular flexibility index (Phi) is 6.11. The summed E-state index contributed by atoms with van der Waals surface area (Å²) >= 11 is 0. The van der Waals surface area contributed by atoms with Crippen LogP contribution in [0.15, 0.2) is 24.5 Å². The molecule has 5 rings (SSSR count). The van der Waals surface area contributed by atoms with E-state index in [-0.39, 0.29) is 19.2 Å². The van der Waals surface area contributed by atoms with Crippen molar-refractivity contribution in [1.82, 2.24) is 19.2 Å². The second kappa shape index (κ2) is 9.02. The molecule has 1 amide bonds. The van der Waals surface area contributed by atoms with Crippen molar-refractivity contribution in [3.05, 3.63) is 30.1 Å². The number of amides is 1. The number of pyridine rings is 1. The highest BCUT2D eigenvalue weighted by molar-refractivity contribution is 7.89. The number of nitrogens with one attached hydrogen (secondary N) is 1. The Morgan fingerprint density at radius 1 is 1.12 bits per heavy atom. The number of sulfonamides is 1. The number of H-pyrrole nitrogens is 1. The molecule has 2 saturated heterocycles. The van der Waals surface area contributed by atoms with E-state index >= 15 is 0 Å². The minimum Gasteiger partial charge on any atom is -0.449 e. The van der Waals surface area contributed by atoms with Crippen molar-refractivity contribution in [2.45, 2.75) is 56.1 Å². The molecule has 174 valence electrons. The number of carbonyl (C=O) groups is 1. The first kappa shape index (κ1) is 21.7. The third-order valence-electron chi connectivity index (χ3n) is 7.43. The number of aromatic amines is 1. The number of rotatable bonds is 5. The third-order valence-corrected chi connectivity index (χ3v) is 9.66. The lowest BCUT2D eigenvalue weighted by atomic mass is 9.90. The fourth-order valence-electron chi connectivity index (χ4n) is 5.36. The first-order chi connectivity index (χ1) is 15.5. The number of nitrogens with zero attached hydrogens (tertiary/aromatic N) is 3. The van der Waals surface area contributed by atoms with E-state index in [1.807, 2.05) is 12.3 Å². The van der Waals surface area contributed by atoms with Crippen LogP contribution in [0.2, 0.25) is 0 Å². The molecule has 32 heavy (non-hydrogen) atoms. The van der Waals surface area contributed by atoms with Gasteiger partial charge in [0, 0.05) is 44.0 Å².